The van der Waals surface area contributed by atoms with Gasteiger partial charge in [-0.1, -0.05) is 146 Å². The third-order valence-corrected chi connectivity index (χ3v) is 10.5. The van der Waals surface area contributed by atoms with Crippen molar-refractivity contribution in [3.63, 3.8) is 0 Å². The van der Waals surface area contributed by atoms with Gasteiger partial charge in [-0.3, -0.25) is 0 Å². The van der Waals surface area contributed by atoms with Gasteiger partial charge in [0.15, 0.2) is 5.58 Å². The molecule has 2 heterocycles. The lowest BCUT2D eigenvalue weighted by atomic mass is 9.89. The lowest BCUT2D eigenvalue weighted by Crippen LogP contribution is -1.95. The van der Waals surface area contributed by atoms with Gasteiger partial charge in [0.2, 0.25) is 0 Å². The van der Waals surface area contributed by atoms with E-state index in [4.69, 9.17) is 4.42 Å². The largest absolute Gasteiger partial charge is 0.454 e. The Morgan fingerprint density at radius 2 is 0.860 bits per heavy atom. The van der Waals surface area contributed by atoms with Crippen LogP contribution >= 0.6 is 0 Å². The highest BCUT2D eigenvalue weighted by atomic mass is 16.3. The number of furan rings is 1. The second-order valence-corrected chi connectivity index (χ2v) is 13.2. The number of hydrogen-bond donors (Lipinski definition) is 0. The summed E-state index contributed by atoms with van der Waals surface area (Å²) in [5, 5.41) is 12.3. The van der Waals surface area contributed by atoms with E-state index in [1.165, 1.54) is 70.7 Å². The maximum atomic E-state index is 6.99. The molecule has 0 atom stereocenters. The molecule has 0 fully saturated rings. The number of hydrogen-bond acceptors (Lipinski definition) is 1. The molecule has 0 N–H and O–H groups in total. The predicted molar refractivity (Wildman–Crippen MR) is 211 cm³/mol. The van der Waals surface area contributed by atoms with Crippen molar-refractivity contribution in [3.05, 3.63) is 176 Å². The molecule has 0 aliphatic heterocycles. The molecule has 0 spiro atoms. The fourth-order valence-electron chi connectivity index (χ4n) is 8.43. The zero-order chi connectivity index (χ0) is 32.8. The Bertz CT molecular complexity index is 3140. The molecule has 0 radical (unpaired) electrons. The van der Waals surface area contributed by atoms with Gasteiger partial charge in [0.1, 0.15) is 5.58 Å². The van der Waals surface area contributed by atoms with Crippen molar-refractivity contribution < 1.29 is 4.42 Å². The second-order valence-electron chi connectivity index (χ2n) is 13.2. The summed E-state index contributed by atoms with van der Waals surface area (Å²) >= 11 is 0. The smallest absolute Gasteiger partial charge is 0.160 e. The van der Waals surface area contributed by atoms with Gasteiger partial charge in [-0.2, -0.15) is 0 Å². The second kappa shape index (κ2) is 10.4. The number of nitrogens with zero attached hydrogens (tertiary/aromatic N) is 1. The summed E-state index contributed by atoms with van der Waals surface area (Å²) < 4.78 is 9.42. The molecular formula is C48H29NO. The molecule has 0 saturated carbocycles. The molecule has 0 aliphatic rings. The lowest BCUT2D eigenvalue weighted by molar-refractivity contribution is 0.671. The van der Waals surface area contributed by atoms with E-state index < -0.39 is 0 Å². The molecule has 50 heavy (non-hydrogen) atoms. The summed E-state index contributed by atoms with van der Waals surface area (Å²) in [6.45, 7) is 0. The van der Waals surface area contributed by atoms with Gasteiger partial charge < -0.3 is 8.98 Å². The van der Waals surface area contributed by atoms with E-state index in [1.54, 1.807) is 0 Å². The van der Waals surface area contributed by atoms with Gasteiger partial charge in [0.25, 0.3) is 0 Å². The summed E-state index contributed by atoms with van der Waals surface area (Å²) in [5.41, 5.74) is 9.95. The van der Waals surface area contributed by atoms with Crippen molar-refractivity contribution in [3.8, 4) is 27.9 Å². The van der Waals surface area contributed by atoms with Crippen molar-refractivity contribution >= 4 is 76.1 Å². The molecule has 0 unspecified atom stereocenters. The fraction of sp³-hybridized carbons (Fsp3) is 0. The molecule has 0 bridgehead atoms. The number of aromatic nitrogens is 1. The van der Waals surface area contributed by atoms with Crippen molar-refractivity contribution in [1.29, 1.82) is 0 Å². The van der Waals surface area contributed by atoms with E-state index in [0.29, 0.717) is 0 Å². The van der Waals surface area contributed by atoms with Crippen LogP contribution in [0.15, 0.2) is 180 Å². The summed E-state index contributed by atoms with van der Waals surface area (Å²) in [6.07, 6.45) is 0. The Labute approximate surface area is 288 Å². The van der Waals surface area contributed by atoms with E-state index in [9.17, 15) is 0 Å². The van der Waals surface area contributed by atoms with E-state index in [-0.39, 0.29) is 0 Å². The van der Waals surface area contributed by atoms with Crippen LogP contribution in [0.1, 0.15) is 0 Å². The van der Waals surface area contributed by atoms with Crippen LogP contribution in [0.5, 0.6) is 0 Å². The topological polar surface area (TPSA) is 18.1 Å². The predicted octanol–water partition coefficient (Wildman–Crippen LogP) is 13.5. The fourth-order valence-corrected chi connectivity index (χ4v) is 8.43. The van der Waals surface area contributed by atoms with E-state index >= 15 is 0 Å². The maximum absolute atomic E-state index is 6.99. The van der Waals surface area contributed by atoms with Crippen LogP contribution in [0, 0.1) is 0 Å². The summed E-state index contributed by atoms with van der Waals surface area (Å²) in [6, 6.07) is 63.5. The van der Waals surface area contributed by atoms with Crippen LogP contribution in [-0.4, -0.2) is 4.57 Å². The van der Waals surface area contributed by atoms with Gasteiger partial charge >= 0.3 is 0 Å². The highest BCUT2D eigenvalue weighted by Crippen LogP contribution is 2.50. The van der Waals surface area contributed by atoms with Crippen molar-refractivity contribution in [2.24, 2.45) is 0 Å². The zero-order valence-corrected chi connectivity index (χ0v) is 27.1. The Morgan fingerprint density at radius 1 is 0.340 bits per heavy atom. The summed E-state index contributed by atoms with van der Waals surface area (Å²) in [7, 11) is 0. The number of benzene rings is 9. The Morgan fingerprint density at radius 3 is 1.60 bits per heavy atom. The third kappa shape index (κ3) is 3.79. The van der Waals surface area contributed by atoms with E-state index in [1.807, 2.05) is 0 Å². The van der Waals surface area contributed by atoms with Crippen molar-refractivity contribution in [2.45, 2.75) is 0 Å². The van der Waals surface area contributed by atoms with Crippen LogP contribution < -0.4 is 0 Å². The molecule has 9 aromatic carbocycles. The molecular weight excluding hydrogens is 607 g/mol. The minimum Gasteiger partial charge on any atom is -0.454 e. The molecule has 232 valence electrons. The Hall–Kier alpha value is -6.64. The van der Waals surface area contributed by atoms with Crippen LogP contribution in [0.4, 0.5) is 0 Å². The molecule has 0 saturated heterocycles. The summed E-state index contributed by atoms with van der Waals surface area (Å²) in [4.78, 5) is 0. The Kier molecular flexibility index (Phi) is 5.70. The van der Waals surface area contributed by atoms with Gasteiger partial charge in [-0.05, 0) is 74.1 Å². The maximum Gasteiger partial charge on any atom is 0.160 e. The van der Waals surface area contributed by atoms with Crippen LogP contribution in [0.2, 0.25) is 0 Å². The normalized spacial score (nSPS) is 12.0. The summed E-state index contributed by atoms with van der Waals surface area (Å²) in [5.74, 6) is 0. The first-order valence-electron chi connectivity index (χ1n) is 17.2. The minimum atomic E-state index is 0.900. The number of fused-ring (bicyclic) bond motifs is 15. The highest BCUT2D eigenvalue weighted by Gasteiger charge is 2.25. The number of rotatable bonds is 3. The van der Waals surface area contributed by atoms with E-state index in [0.717, 1.165) is 33.3 Å². The van der Waals surface area contributed by atoms with Gasteiger partial charge in [-0.25, -0.2) is 0 Å². The molecule has 11 rings (SSSR count). The van der Waals surface area contributed by atoms with Crippen LogP contribution in [-0.2, 0) is 0 Å². The molecule has 0 aliphatic carbocycles. The number of para-hydroxylation sites is 2. The van der Waals surface area contributed by atoms with E-state index in [2.05, 4.69) is 180 Å². The molecule has 2 aromatic heterocycles. The average molecular weight is 636 g/mol. The van der Waals surface area contributed by atoms with Crippen LogP contribution in [0.25, 0.3) is 104 Å². The third-order valence-electron chi connectivity index (χ3n) is 10.5. The standard InChI is InChI=1S/C48H29NO/c1-2-14-30(15-3-1)31-16-12-17-32(28-31)33-18-13-19-34(29-33)49-41-26-10-8-24-39(41)45-43-37-22-6-4-20-35(37)36-21-5-7-23-38(36)44(43)46-40-25-9-11-27-42(40)50-48(46)47(45)49/h1-29H. The first-order valence-corrected chi connectivity index (χ1v) is 17.2. The average Bonchev–Trinajstić information content (AvgIpc) is 3.75. The first kappa shape index (κ1) is 27.3. The zero-order valence-electron chi connectivity index (χ0n) is 27.1. The molecule has 0 amide bonds. The first-order chi connectivity index (χ1) is 24.8. The molecule has 2 nitrogen and oxygen atoms in total. The lowest BCUT2D eigenvalue weighted by Gasteiger charge is -2.15. The van der Waals surface area contributed by atoms with Crippen molar-refractivity contribution in [1.82, 2.24) is 4.57 Å². The molecule has 11 aromatic rings. The highest BCUT2D eigenvalue weighted by molar-refractivity contribution is 6.44. The Balaban J connectivity index is 1.32. The minimum absolute atomic E-state index is 0.900. The van der Waals surface area contributed by atoms with Gasteiger partial charge in [0.05, 0.1) is 11.0 Å². The van der Waals surface area contributed by atoms with Crippen molar-refractivity contribution in [2.75, 3.05) is 0 Å². The van der Waals surface area contributed by atoms with Gasteiger partial charge in [0, 0.05) is 38.0 Å². The SMILES string of the molecule is c1ccc(-c2cccc(-c3cccc(-n4c5ccccc5c5c6c7ccccc7c7ccccc7c6c6c7ccccc7oc6c54)c3)c2)cc1. The van der Waals surface area contributed by atoms with Crippen LogP contribution in [0.3, 0.4) is 0 Å². The molecule has 2 heteroatoms. The van der Waals surface area contributed by atoms with Gasteiger partial charge in [-0.15, -0.1) is 0 Å². The quantitative estimate of drug-likeness (QED) is 0.177. The monoisotopic (exact) mass is 635 g/mol.